The normalized spacial score (nSPS) is 14.2. The van der Waals surface area contributed by atoms with Gasteiger partial charge in [0.1, 0.15) is 0 Å². The third kappa shape index (κ3) is 3.66. The number of benzene rings is 1. The fourth-order valence-corrected chi connectivity index (χ4v) is 2.17. The van der Waals surface area contributed by atoms with Crippen molar-refractivity contribution in [1.82, 2.24) is 0 Å². The first-order chi connectivity index (χ1) is 7.82. The lowest BCUT2D eigenvalue weighted by molar-refractivity contribution is -0.141. The largest absolute Gasteiger partial charge is 0.481 e. The Hall–Kier alpha value is -0.640. The van der Waals surface area contributed by atoms with Crippen molar-refractivity contribution in [2.45, 2.75) is 19.9 Å². The highest BCUT2D eigenvalue weighted by atomic mass is 35.5. The van der Waals surface area contributed by atoms with Crippen molar-refractivity contribution in [3.63, 3.8) is 0 Å². The molecule has 0 saturated carbocycles. The van der Waals surface area contributed by atoms with Crippen LogP contribution in [0.25, 0.3) is 0 Å². The third-order valence-electron chi connectivity index (χ3n) is 2.52. The van der Waals surface area contributed by atoms with Gasteiger partial charge in [-0.25, -0.2) is 0 Å². The van der Waals surface area contributed by atoms with Crippen molar-refractivity contribution in [2.75, 3.05) is 5.32 Å². The third-order valence-corrected chi connectivity index (χ3v) is 3.33. The average Bonchev–Trinajstić information content (AvgIpc) is 2.21. The molecule has 1 aromatic carbocycles. The molecule has 17 heavy (non-hydrogen) atoms. The van der Waals surface area contributed by atoms with Crippen LogP contribution >= 0.6 is 34.8 Å². The van der Waals surface area contributed by atoms with E-state index in [1.807, 2.05) is 0 Å². The molecule has 0 aliphatic heterocycles. The Kier molecular flexibility index (Phi) is 4.92. The van der Waals surface area contributed by atoms with Gasteiger partial charge in [-0.15, -0.1) is 0 Å². The molecule has 6 heteroatoms. The fraction of sp³-hybridized carbons (Fsp3) is 0.364. The summed E-state index contributed by atoms with van der Waals surface area (Å²) in [6, 6.07) is 2.80. The summed E-state index contributed by atoms with van der Waals surface area (Å²) in [6.07, 6.45) is 0. The van der Waals surface area contributed by atoms with Crippen LogP contribution in [0, 0.1) is 5.92 Å². The number of rotatable bonds is 4. The van der Waals surface area contributed by atoms with E-state index in [-0.39, 0.29) is 6.04 Å². The topological polar surface area (TPSA) is 49.3 Å². The van der Waals surface area contributed by atoms with E-state index in [1.54, 1.807) is 26.0 Å². The van der Waals surface area contributed by atoms with Gasteiger partial charge < -0.3 is 10.4 Å². The smallest absolute Gasteiger partial charge is 0.308 e. The molecular formula is C11H12Cl3NO2. The van der Waals surface area contributed by atoms with Gasteiger partial charge in [0.15, 0.2) is 0 Å². The predicted octanol–water partition coefficient (Wildman–Crippen LogP) is 4.17. The van der Waals surface area contributed by atoms with E-state index in [9.17, 15) is 4.79 Å². The van der Waals surface area contributed by atoms with Crippen molar-refractivity contribution in [3.05, 3.63) is 27.2 Å². The Morgan fingerprint density at radius 3 is 2.12 bits per heavy atom. The Morgan fingerprint density at radius 1 is 1.24 bits per heavy atom. The summed E-state index contributed by atoms with van der Waals surface area (Å²) in [5, 5.41) is 13.0. The van der Waals surface area contributed by atoms with Crippen LogP contribution in [0.1, 0.15) is 13.8 Å². The summed E-state index contributed by atoms with van der Waals surface area (Å²) in [4.78, 5) is 10.8. The Balaban J connectivity index is 2.92. The molecule has 0 aromatic heterocycles. The Labute approximate surface area is 115 Å². The maximum atomic E-state index is 10.8. The molecule has 0 aliphatic carbocycles. The maximum absolute atomic E-state index is 10.8. The first kappa shape index (κ1) is 14.4. The quantitative estimate of drug-likeness (QED) is 0.877. The molecule has 0 amide bonds. The molecule has 0 bridgehead atoms. The number of aliphatic carboxylic acids is 1. The summed E-state index contributed by atoms with van der Waals surface area (Å²) in [5.41, 5.74) is 0.498. The summed E-state index contributed by atoms with van der Waals surface area (Å²) >= 11 is 17.7. The molecule has 0 fully saturated rings. The lowest BCUT2D eigenvalue weighted by Gasteiger charge is -2.20. The van der Waals surface area contributed by atoms with E-state index < -0.39 is 11.9 Å². The zero-order chi connectivity index (χ0) is 13.2. The summed E-state index contributed by atoms with van der Waals surface area (Å²) in [7, 11) is 0. The Bertz CT molecular complexity index is 414. The molecule has 2 unspecified atom stereocenters. The van der Waals surface area contributed by atoms with Gasteiger partial charge >= 0.3 is 5.97 Å². The van der Waals surface area contributed by atoms with Crippen molar-refractivity contribution in [1.29, 1.82) is 0 Å². The van der Waals surface area contributed by atoms with Crippen molar-refractivity contribution >= 4 is 46.5 Å². The van der Waals surface area contributed by atoms with Gasteiger partial charge in [0.05, 0.1) is 21.7 Å². The molecule has 2 N–H and O–H groups in total. The molecule has 0 spiro atoms. The van der Waals surface area contributed by atoms with Gasteiger partial charge in [-0.1, -0.05) is 34.8 Å². The summed E-state index contributed by atoms with van der Waals surface area (Å²) in [6.45, 7) is 3.36. The number of nitrogens with one attached hydrogen (secondary N) is 1. The van der Waals surface area contributed by atoms with E-state index in [1.165, 1.54) is 0 Å². The first-order valence-electron chi connectivity index (χ1n) is 4.96. The number of carbonyl (C=O) groups is 1. The molecule has 2 atom stereocenters. The number of carboxylic acids is 1. The second-order valence-corrected chi connectivity index (χ2v) is 5.06. The van der Waals surface area contributed by atoms with E-state index in [0.29, 0.717) is 20.8 Å². The average molecular weight is 297 g/mol. The lowest BCUT2D eigenvalue weighted by Crippen LogP contribution is -2.29. The molecule has 1 aromatic rings. The zero-order valence-electron chi connectivity index (χ0n) is 9.30. The fourth-order valence-electron chi connectivity index (χ4n) is 1.25. The minimum absolute atomic E-state index is 0.302. The molecule has 0 heterocycles. The van der Waals surface area contributed by atoms with Gasteiger partial charge in [0.2, 0.25) is 0 Å². The minimum atomic E-state index is -0.883. The molecule has 0 saturated heterocycles. The molecular weight excluding hydrogens is 284 g/mol. The lowest BCUT2D eigenvalue weighted by atomic mass is 10.0. The van der Waals surface area contributed by atoms with Crippen LogP contribution in [-0.2, 0) is 4.79 Å². The SMILES string of the molecule is CC(Nc1c(Cl)cc(Cl)cc1Cl)C(C)C(=O)O. The van der Waals surface area contributed by atoms with E-state index >= 15 is 0 Å². The molecule has 0 aliphatic rings. The van der Waals surface area contributed by atoms with E-state index in [2.05, 4.69) is 5.32 Å². The van der Waals surface area contributed by atoms with Crippen molar-refractivity contribution in [3.8, 4) is 0 Å². The molecule has 1 rings (SSSR count). The number of hydrogen-bond acceptors (Lipinski definition) is 2. The van der Waals surface area contributed by atoms with Crippen LogP contribution < -0.4 is 5.32 Å². The monoisotopic (exact) mass is 295 g/mol. The molecule has 94 valence electrons. The van der Waals surface area contributed by atoms with Gasteiger partial charge in [-0.2, -0.15) is 0 Å². The van der Waals surface area contributed by atoms with Gasteiger partial charge in [-0.05, 0) is 26.0 Å². The predicted molar refractivity (Wildman–Crippen MR) is 71.4 cm³/mol. The number of carboxylic acid groups (broad SMARTS) is 1. The van der Waals surface area contributed by atoms with Crippen molar-refractivity contribution in [2.24, 2.45) is 5.92 Å². The van der Waals surface area contributed by atoms with Crippen LogP contribution in [0.15, 0.2) is 12.1 Å². The van der Waals surface area contributed by atoms with Crippen LogP contribution in [0.2, 0.25) is 15.1 Å². The van der Waals surface area contributed by atoms with Crippen LogP contribution in [-0.4, -0.2) is 17.1 Å². The minimum Gasteiger partial charge on any atom is -0.481 e. The second-order valence-electron chi connectivity index (χ2n) is 3.80. The zero-order valence-corrected chi connectivity index (χ0v) is 11.6. The second kappa shape index (κ2) is 5.80. The highest BCUT2D eigenvalue weighted by Crippen LogP contribution is 2.34. The van der Waals surface area contributed by atoms with E-state index in [0.717, 1.165) is 0 Å². The van der Waals surface area contributed by atoms with Gasteiger partial charge in [0, 0.05) is 11.1 Å². The molecule has 0 radical (unpaired) electrons. The highest BCUT2D eigenvalue weighted by molar-refractivity contribution is 6.41. The van der Waals surface area contributed by atoms with Gasteiger partial charge in [-0.3, -0.25) is 4.79 Å². The number of halogens is 3. The van der Waals surface area contributed by atoms with Crippen LogP contribution in [0.4, 0.5) is 5.69 Å². The van der Waals surface area contributed by atoms with Crippen LogP contribution in [0.5, 0.6) is 0 Å². The van der Waals surface area contributed by atoms with E-state index in [4.69, 9.17) is 39.9 Å². The number of hydrogen-bond donors (Lipinski definition) is 2. The summed E-state index contributed by atoms with van der Waals surface area (Å²) in [5.74, 6) is -1.44. The Morgan fingerprint density at radius 2 is 1.71 bits per heavy atom. The van der Waals surface area contributed by atoms with Crippen LogP contribution in [0.3, 0.4) is 0 Å². The number of anilines is 1. The maximum Gasteiger partial charge on any atom is 0.308 e. The first-order valence-corrected chi connectivity index (χ1v) is 6.10. The van der Waals surface area contributed by atoms with Gasteiger partial charge in [0.25, 0.3) is 0 Å². The summed E-state index contributed by atoms with van der Waals surface area (Å²) < 4.78 is 0. The van der Waals surface area contributed by atoms with Crippen molar-refractivity contribution < 1.29 is 9.90 Å². The molecule has 3 nitrogen and oxygen atoms in total. The standard InChI is InChI=1S/C11H12Cl3NO2/c1-5(11(16)17)6(2)15-10-8(13)3-7(12)4-9(10)14/h3-6,15H,1-2H3,(H,16,17). The highest BCUT2D eigenvalue weighted by Gasteiger charge is 2.21.